The molecular formula is C18H17ClN2O2. The first-order valence-electron chi connectivity index (χ1n) is 7.57. The Kier molecular flexibility index (Phi) is 4.63. The summed E-state index contributed by atoms with van der Waals surface area (Å²) in [5.41, 5.74) is 3.56. The van der Waals surface area contributed by atoms with Crippen LogP contribution in [0.5, 0.6) is 0 Å². The third-order valence-corrected chi connectivity index (χ3v) is 4.13. The lowest BCUT2D eigenvalue weighted by Crippen LogP contribution is -2.26. The maximum atomic E-state index is 12.2. The van der Waals surface area contributed by atoms with E-state index in [9.17, 15) is 9.59 Å². The van der Waals surface area contributed by atoms with Gasteiger partial charge in [-0.2, -0.15) is 0 Å². The molecule has 1 aliphatic heterocycles. The van der Waals surface area contributed by atoms with Crippen LogP contribution in [0.1, 0.15) is 27.9 Å². The fraction of sp³-hybridized carbons (Fsp3) is 0.222. The number of fused-ring (bicyclic) bond motifs is 1. The quantitative estimate of drug-likeness (QED) is 0.905. The summed E-state index contributed by atoms with van der Waals surface area (Å²) < 4.78 is 0. The van der Waals surface area contributed by atoms with Crippen molar-refractivity contribution in [1.82, 2.24) is 5.32 Å². The topological polar surface area (TPSA) is 58.2 Å². The van der Waals surface area contributed by atoms with Gasteiger partial charge >= 0.3 is 0 Å². The number of anilines is 1. The Labute approximate surface area is 139 Å². The van der Waals surface area contributed by atoms with Gasteiger partial charge < -0.3 is 10.6 Å². The van der Waals surface area contributed by atoms with Crippen molar-refractivity contribution >= 4 is 29.1 Å². The van der Waals surface area contributed by atoms with Crippen molar-refractivity contribution in [1.29, 1.82) is 0 Å². The third kappa shape index (κ3) is 3.90. The molecule has 0 fully saturated rings. The van der Waals surface area contributed by atoms with Gasteiger partial charge in [0.05, 0.1) is 0 Å². The number of carbonyl (C=O) groups excluding carboxylic acids is 2. The molecule has 0 saturated heterocycles. The molecule has 0 radical (unpaired) electrons. The number of amides is 2. The van der Waals surface area contributed by atoms with Crippen molar-refractivity contribution in [3.63, 3.8) is 0 Å². The van der Waals surface area contributed by atoms with Crippen molar-refractivity contribution in [2.45, 2.75) is 19.3 Å². The number of hydrogen-bond acceptors (Lipinski definition) is 2. The summed E-state index contributed by atoms with van der Waals surface area (Å²) in [4.78, 5) is 23.6. The van der Waals surface area contributed by atoms with E-state index in [2.05, 4.69) is 10.6 Å². The molecule has 118 valence electrons. The maximum Gasteiger partial charge on any atom is 0.251 e. The zero-order chi connectivity index (χ0) is 16.2. The van der Waals surface area contributed by atoms with Crippen LogP contribution in [0.4, 0.5) is 5.69 Å². The smallest absolute Gasteiger partial charge is 0.251 e. The van der Waals surface area contributed by atoms with Crippen LogP contribution in [-0.4, -0.2) is 18.4 Å². The van der Waals surface area contributed by atoms with Crippen LogP contribution in [0.2, 0.25) is 5.02 Å². The maximum absolute atomic E-state index is 12.2. The largest absolute Gasteiger partial charge is 0.352 e. The second-order valence-electron chi connectivity index (χ2n) is 5.55. The summed E-state index contributed by atoms with van der Waals surface area (Å²) in [6.45, 7) is 0.564. The van der Waals surface area contributed by atoms with Gasteiger partial charge in [-0.3, -0.25) is 9.59 Å². The Morgan fingerprint density at radius 3 is 2.70 bits per heavy atom. The van der Waals surface area contributed by atoms with Crippen LogP contribution >= 0.6 is 11.6 Å². The standard InChI is InChI=1S/C18H17ClN2O2/c19-15-5-1-12(2-6-15)9-10-20-18(23)14-3-7-16-13(11-14)4-8-17(22)21-16/h1-3,5-7,11H,4,8-10H2,(H,20,23)(H,21,22). The molecule has 0 atom stereocenters. The minimum atomic E-state index is -0.0985. The van der Waals surface area contributed by atoms with E-state index in [1.54, 1.807) is 12.1 Å². The average Bonchev–Trinajstić information content (AvgIpc) is 2.56. The van der Waals surface area contributed by atoms with E-state index < -0.39 is 0 Å². The monoisotopic (exact) mass is 328 g/mol. The second-order valence-corrected chi connectivity index (χ2v) is 5.99. The molecule has 0 spiro atoms. The van der Waals surface area contributed by atoms with Crippen molar-refractivity contribution in [2.75, 3.05) is 11.9 Å². The first-order chi connectivity index (χ1) is 11.1. The van der Waals surface area contributed by atoms with Gasteiger partial charge in [-0.25, -0.2) is 0 Å². The fourth-order valence-corrected chi connectivity index (χ4v) is 2.72. The van der Waals surface area contributed by atoms with Crippen molar-refractivity contribution in [3.05, 3.63) is 64.2 Å². The number of rotatable bonds is 4. The molecule has 23 heavy (non-hydrogen) atoms. The highest BCUT2D eigenvalue weighted by molar-refractivity contribution is 6.30. The van der Waals surface area contributed by atoms with Crippen molar-refractivity contribution in [3.8, 4) is 0 Å². The number of nitrogens with one attached hydrogen (secondary N) is 2. The normalized spacial score (nSPS) is 13.2. The Hall–Kier alpha value is -2.33. The Balaban J connectivity index is 1.58. The average molecular weight is 329 g/mol. The molecule has 2 aromatic carbocycles. The van der Waals surface area contributed by atoms with Gasteiger partial charge in [0.1, 0.15) is 0 Å². The number of benzene rings is 2. The predicted octanol–water partition coefficient (Wildman–Crippen LogP) is 3.20. The van der Waals surface area contributed by atoms with Crippen LogP contribution in [0, 0.1) is 0 Å². The highest BCUT2D eigenvalue weighted by Crippen LogP contribution is 2.23. The van der Waals surface area contributed by atoms with E-state index in [0.717, 1.165) is 23.2 Å². The van der Waals surface area contributed by atoms with Crippen molar-refractivity contribution in [2.24, 2.45) is 0 Å². The number of carbonyl (C=O) groups is 2. The number of hydrogen-bond donors (Lipinski definition) is 2. The second kappa shape index (κ2) is 6.84. The van der Waals surface area contributed by atoms with Crippen LogP contribution < -0.4 is 10.6 Å². The molecule has 1 heterocycles. The van der Waals surface area contributed by atoms with Gasteiger partial charge in [-0.1, -0.05) is 23.7 Å². The number of halogens is 1. The van der Waals surface area contributed by atoms with E-state index >= 15 is 0 Å². The van der Waals surface area contributed by atoms with Gasteiger partial charge in [0.25, 0.3) is 5.91 Å². The zero-order valence-corrected chi connectivity index (χ0v) is 13.3. The highest BCUT2D eigenvalue weighted by Gasteiger charge is 2.16. The van der Waals surface area contributed by atoms with Gasteiger partial charge in [0.2, 0.25) is 5.91 Å². The minimum absolute atomic E-state index is 0.0256. The molecule has 2 N–H and O–H groups in total. The lowest BCUT2D eigenvalue weighted by Gasteiger charge is -2.17. The minimum Gasteiger partial charge on any atom is -0.352 e. The third-order valence-electron chi connectivity index (χ3n) is 3.88. The summed E-state index contributed by atoms with van der Waals surface area (Å²) in [6.07, 6.45) is 1.89. The molecule has 0 aliphatic carbocycles. The Morgan fingerprint density at radius 2 is 1.91 bits per heavy atom. The number of aryl methyl sites for hydroxylation is 1. The molecule has 2 aromatic rings. The summed E-state index contributed by atoms with van der Waals surface area (Å²) in [7, 11) is 0. The summed E-state index contributed by atoms with van der Waals surface area (Å²) in [6, 6.07) is 13.0. The lowest BCUT2D eigenvalue weighted by atomic mass is 10.00. The first-order valence-corrected chi connectivity index (χ1v) is 7.95. The van der Waals surface area contributed by atoms with Crippen LogP contribution in [0.25, 0.3) is 0 Å². The SMILES string of the molecule is O=C1CCc2cc(C(=O)NCCc3ccc(Cl)cc3)ccc2N1. The molecule has 5 heteroatoms. The molecule has 0 aromatic heterocycles. The summed E-state index contributed by atoms with van der Waals surface area (Å²) in [5.74, 6) is -0.0728. The summed E-state index contributed by atoms with van der Waals surface area (Å²) >= 11 is 5.85. The van der Waals surface area contributed by atoms with Crippen LogP contribution in [0.3, 0.4) is 0 Å². The molecule has 2 amide bonds. The van der Waals surface area contributed by atoms with E-state index in [1.807, 2.05) is 30.3 Å². The van der Waals surface area contributed by atoms with Gasteiger partial charge in [0, 0.05) is 29.2 Å². The highest BCUT2D eigenvalue weighted by atomic mass is 35.5. The first kappa shape index (κ1) is 15.6. The van der Waals surface area contributed by atoms with E-state index in [-0.39, 0.29) is 11.8 Å². The predicted molar refractivity (Wildman–Crippen MR) is 90.9 cm³/mol. The van der Waals surface area contributed by atoms with Crippen molar-refractivity contribution < 1.29 is 9.59 Å². The molecule has 4 nitrogen and oxygen atoms in total. The van der Waals surface area contributed by atoms with Gasteiger partial charge in [-0.05, 0) is 54.3 Å². The Morgan fingerprint density at radius 1 is 1.13 bits per heavy atom. The molecular weight excluding hydrogens is 312 g/mol. The van der Waals surface area contributed by atoms with E-state index in [0.29, 0.717) is 30.0 Å². The van der Waals surface area contributed by atoms with Gasteiger partial charge in [0.15, 0.2) is 0 Å². The van der Waals surface area contributed by atoms with Crippen LogP contribution in [-0.2, 0) is 17.6 Å². The van der Waals surface area contributed by atoms with Crippen LogP contribution in [0.15, 0.2) is 42.5 Å². The molecule has 0 bridgehead atoms. The molecule has 0 unspecified atom stereocenters. The zero-order valence-electron chi connectivity index (χ0n) is 12.6. The summed E-state index contributed by atoms with van der Waals surface area (Å²) in [5, 5.41) is 6.44. The Bertz CT molecular complexity index is 741. The van der Waals surface area contributed by atoms with E-state index in [1.165, 1.54) is 0 Å². The fourth-order valence-electron chi connectivity index (χ4n) is 2.60. The lowest BCUT2D eigenvalue weighted by molar-refractivity contribution is -0.116. The van der Waals surface area contributed by atoms with Gasteiger partial charge in [-0.15, -0.1) is 0 Å². The molecule has 0 saturated carbocycles. The van der Waals surface area contributed by atoms with E-state index in [4.69, 9.17) is 11.6 Å². The molecule has 3 rings (SSSR count). The molecule has 1 aliphatic rings.